The predicted molar refractivity (Wildman–Crippen MR) is 67.4 cm³/mol. The molecule has 0 fully saturated rings. The molecule has 1 N–H and O–H groups in total. The quantitative estimate of drug-likeness (QED) is 0.877. The number of aryl methyl sites for hydroxylation is 2. The second-order valence-corrected chi connectivity index (χ2v) is 4.36. The van der Waals surface area contributed by atoms with E-state index in [-0.39, 0.29) is 11.9 Å². The van der Waals surface area contributed by atoms with E-state index in [1.807, 2.05) is 6.92 Å². The number of carbonyl (C=O) groups excluding carboxylic acids is 1. The van der Waals surface area contributed by atoms with Crippen molar-refractivity contribution in [3.05, 3.63) is 29.9 Å². The third-order valence-electron chi connectivity index (χ3n) is 2.70. The summed E-state index contributed by atoms with van der Waals surface area (Å²) in [5.74, 6) is 1.15. The average molecular weight is 263 g/mol. The van der Waals surface area contributed by atoms with Gasteiger partial charge in [0.1, 0.15) is 6.04 Å². The highest BCUT2D eigenvalue weighted by Gasteiger charge is 2.19. The van der Waals surface area contributed by atoms with Crippen LogP contribution >= 0.6 is 0 Å². The molecule has 19 heavy (non-hydrogen) atoms. The molecule has 0 aliphatic carbocycles. The van der Waals surface area contributed by atoms with Crippen LogP contribution in [0, 0.1) is 0 Å². The molecule has 0 aliphatic heterocycles. The maximum absolute atomic E-state index is 12.0. The lowest BCUT2D eigenvalue weighted by Gasteiger charge is -2.09. The number of hydrogen-bond donors (Lipinski definition) is 1. The minimum atomic E-state index is -0.345. The fourth-order valence-corrected chi connectivity index (χ4v) is 1.68. The van der Waals surface area contributed by atoms with Crippen LogP contribution in [0.4, 0.5) is 0 Å². The first-order valence-electron chi connectivity index (χ1n) is 6.22. The molecule has 1 amide bonds. The van der Waals surface area contributed by atoms with Crippen LogP contribution in [-0.2, 0) is 13.5 Å². The Kier molecular flexibility index (Phi) is 3.94. The van der Waals surface area contributed by atoms with Crippen LogP contribution in [0.1, 0.15) is 48.6 Å². The molecule has 0 radical (unpaired) electrons. The van der Waals surface area contributed by atoms with Crippen LogP contribution < -0.4 is 5.32 Å². The van der Waals surface area contributed by atoms with Crippen molar-refractivity contribution in [3.8, 4) is 0 Å². The first-order chi connectivity index (χ1) is 9.11. The summed E-state index contributed by atoms with van der Waals surface area (Å²) in [6.45, 7) is 3.84. The molecule has 0 spiro atoms. The third-order valence-corrected chi connectivity index (χ3v) is 2.70. The van der Waals surface area contributed by atoms with E-state index in [4.69, 9.17) is 4.52 Å². The van der Waals surface area contributed by atoms with Crippen molar-refractivity contribution in [2.75, 3.05) is 0 Å². The zero-order valence-electron chi connectivity index (χ0n) is 11.3. The van der Waals surface area contributed by atoms with Crippen molar-refractivity contribution in [2.45, 2.75) is 32.7 Å². The number of imidazole rings is 1. The molecule has 0 unspecified atom stereocenters. The fourth-order valence-electron chi connectivity index (χ4n) is 1.68. The van der Waals surface area contributed by atoms with E-state index in [0.29, 0.717) is 17.5 Å². The first kappa shape index (κ1) is 13.3. The van der Waals surface area contributed by atoms with E-state index in [0.717, 1.165) is 12.8 Å². The van der Waals surface area contributed by atoms with Crippen molar-refractivity contribution < 1.29 is 9.32 Å². The number of hydrogen-bond acceptors (Lipinski definition) is 5. The van der Waals surface area contributed by atoms with E-state index in [1.165, 1.54) is 0 Å². The van der Waals surface area contributed by atoms with Gasteiger partial charge in [-0.25, -0.2) is 4.98 Å². The van der Waals surface area contributed by atoms with Gasteiger partial charge in [-0.1, -0.05) is 12.1 Å². The summed E-state index contributed by atoms with van der Waals surface area (Å²) in [5, 5.41) is 6.63. The van der Waals surface area contributed by atoms with Crippen LogP contribution in [0.3, 0.4) is 0 Å². The average Bonchev–Trinajstić information content (AvgIpc) is 2.98. The Balaban J connectivity index is 2.02. The molecule has 2 rings (SSSR count). The Bertz CT molecular complexity index is 560. The molecule has 0 aromatic carbocycles. The highest BCUT2D eigenvalue weighted by Crippen LogP contribution is 2.11. The number of carbonyl (C=O) groups is 1. The molecule has 7 heteroatoms. The molecule has 2 aromatic heterocycles. The van der Waals surface area contributed by atoms with Crippen molar-refractivity contribution in [3.63, 3.8) is 0 Å². The van der Waals surface area contributed by atoms with Crippen molar-refractivity contribution in [2.24, 2.45) is 7.05 Å². The summed E-state index contributed by atoms with van der Waals surface area (Å²) >= 11 is 0. The Hall–Kier alpha value is -2.18. The molecule has 0 aliphatic rings. The van der Waals surface area contributed by atoms with Gasteiger partial charge in [-0.2, -0.15) is 4.98 Å². The molecule has 0 saturated carbocycles. The van der Waals surface area contributed by atoms with Gasteiger partial charge >= 0.3 is 0 Å². The summed E-state index contributed by atoms with van der Waals surface area (Å²) in [6.07, 6.45) is 5.01. The topological polar surface area (TPSA) is 85.8 Å². The lowest BCUT2D eigenvalue weighted by molar-refractivity contribution is 0.0919. The lowest BCUT2D eigenvalue weighted by Crippen LogP contribution is -2.29. The van der Waals surface area contributed by atoms with E-state index in [1.54, 1.807) is 30.9 Å². The van der Waals surface area contributed by atoms with Crippen LogP contribution in [0.25, 0.3) is 0 Å². The van der Waals surface area contributed by atoms with Gasteiger partial charge in [-0.3, -0.25) is 4.79 Å². The van der Waals surface area contributed by atoms with Crippen LogP contribution in [-0.4, -0.2) is 25.6 Å². The number of nitrogens with one attached hydrogen (secondary N) is 1. The van der Waals surface area contributed by atoms with Crippen LogP contribution in [0.2, 0.25) is 0 Å². The third kappa shape index (κ3) is 2.98. The maximum atomic E-state index is 12.0. The molecule has 0 saturated heterocycles. The summed E-state index contributed by atoms with van der Waals surface area (Å²) in [7, 11) is 1.76. The Morgan fingerprint density at radius 3 is 3.00 bits per heavy atom. The zero-order chi connectivity index (χ0) is 13.8. The summed E-state index contributed by atoms with van der Waals surface area (Å²) in [4.78, 5) is 20.2. The van der Waals surface area contributed by atoms with Crippen LogP contribution in [0.5, 0.6) is 0 Å². The van der Waals surface area contributed by atoms with Crippen molar-refractivity contribution in [1.29, 1.82) is 0 Å². The van der Waals surface area contributed by atoms with Gasteiger partial charge in [0.15, 0.2) is 11.6 Å². The van der Waals surface area contributed by atoms with E-state index in [9.17, 15) is 4.79 Å². The summed E-state index contributed by atoms with van der Waals surface area (Å²) in [6, 6.07) is -0.345. The van der Waals surface area contributed by atoms with Gasteiger partial charge in [0.05, 0.1) is 0 Å². The van der Waals surface area contributed by atoms with Crippen LogP contribution in [0.15, 0.2) is 16.9 Å². The molecule has 7 nitrogen and oxygen atoms in total. The van der Waals surface area contributed by atoms with E-state index < -0.39 is 0 Å². The highest BCUT2D eigenvalue weighted by atomic mass is 16.5. The first-order valence-corrected chi connectivity index (χ1v) is 6.22. The van der Waals surface area contributed by atoms with E-state index in [2.05, 4.69) is 20.4 Å². The smallest absolute Gasteiger partial charge is 0.287 e. The predicted octanol–water partition coefficient (Wildman–Crippen LogP) is 1.25. The highest BCUT2D eigenvalue weighted by molar-refractivity contribution is 5.90. The van der Waals surface area contributed by atoms with Gasteiger partial charge in [-0.15, -0.1) is 0 Å². The molecular formula is C12H17N5O2. The van der Waals surface area contributed by atoms with Crippen molar-refractivity contribution >= 4 is 5.91 Å². The minimum Gasteiger partial charge on any atom is -0.338 e. The second kappa shape index (κ2) is 5.64. The molecule has 2 aromatic rings. The normalized spacial score (nSPS) is 12.4. The Morgan fingerprint density at radius 2 is 2.37 bits per heavy atom. The zero-order valence-corrected chi connectivity index (χ0v) is 11.3. The standard InChI is InChI=1S/C12H17N5O2/c1-4-5-9-15-12(19-16-9)8(2)14-11(18)10-13-6-7-17(10)3/h6-8H,4-5H2,1-3H3,(H,14,18)/t8-/m0/s1. The number of rotatable bonds is 5. The molecule has 1 atom stereocenters. The summed E-state index contributed by atoms with van der Waals surface area (Å²) < 4.78 is 6.78. The number of amides is 1. The molecule has 102 valence electrons. The van der Waals surface area contributed by atoms with Crippen molar-refractivity contribution in [1.82, 2.24) is 25.0 Å². The van der Waals surface area contributed by atoms with Gasteiger partial charge in [0.25, 0.3) is 5.91 Å². The SMILES string of the molecule is CCCc1noc([C@H](C)NC(=O)c2nccn2C)n1. The van der Waals surface area contributed by atoms with Gasteiger partial charge in [0, 0.05) is 25.9 Å². The number of nitrogens with zero attached hydrogens (tertiary/aromatic N) is 4. The fraction of sp³-hybridized carbons (Fsp3) is 0.500. The monoisotopic (exact) mass is 263 g/mol. The lowest BCUT2D eigenvalue weighted by atomic mass is 10.3. The molecule has 0 bridgehead atoms. The maximum Gasteiger partial charge on any atom is 0.287 e. The number of aromatic nitrogens is 4. The van der Waals surface area contributed by atoms with Gasteiger partial charge in [0.2, 0.25) is 5.89 Å². The summed E-state index contributed by atoms with van der Waals surface area (Å²) in [5.41, 5.74) is 0. The Labute approximate surface area is 111 Å². The molecule has 2 heterocycles. The van der Waals surface area contributed by atoms with E-state index >= 15 is 0 Å². The minimum absolute atomic E-state index is 0.268. The second-order valence-electron chi connectivity index (χ2n) is 4.36. The van der Waals surface area contributed by atoms with Gasteiger partial charge < -0.3 is 14.4 Å². The van der Waals surface area contributed by atoms with Gasteiger partial charge in [-0.05, 0) is 13.3 Å². The largest absolute Gasteiger partial charge is 0.338 e. The molecular weight excluding hydrogens is 246 g/mol. The Morgan fingerprint density at radius 1 is 1.58 bits per heavy atom.